The van der Waals surface area contributed by atoms with Gasteiger partial charge in [0.25, 0.3) is 5.91 Å². The second-order valence-electron chi connectivity index (χ2n) is 4.01. The maximum absolute atomic E-state index is 11.8. The first-order valence-electron chi connectivity index (χ1n) is 6.32. The molecule has 5 nitrogen and oxygen atoms in total. The van der Waals surface area contributed by atoms with Crippen LogP contribution in [0.25, 0.3) is 0 Å². The molecular weight excluding hydrogens is 334 g/mol. The standard InChI is InChI=1S/C15H14BrN3O2/c16-7-10-21-14-4-2-1-3-13(14)11-18-19-15(20)12-5-8-17-9-6-12/h1-6,8-9,11H,7,10H2,(H,19,20)/b18-11-. The second-order valence-corrected chi connectivity index (χ2v) is 4.80. The Bertz CT molecular complexity index is 617. The SMILES string of the molecule is O=C(N/N=C\c1ccccc1OCCBr)c1ccncc1. The number of amides is 1. The third-order valence-corrected chi connectivity index (χ3v) is 2.89. The number of benzene rings is 1. The molecule has 0 unspecified atom stereocenters. The summed E-state index contributed by atoms with van der Waals surface area (Å²) in [5.41, 5.74) is 3.77. The van der Waals surface area contributed by atoms with E-state index in [1.165, 1.54) is 0 Å². The molecule has 0 aliphatic rings. The molecule has 0 atom stereocenters. The Morgan fingerprint density at radius 1 is 1.29 bits per heavy atom. The number of hydrogen-bond acceptors (Lipinski definition) is 4. The quantitative estimate of drug-likeness (QED) is 0.496. The number of ether oxygens (including phenoxy) is 1. The average Bonchev–Trinajstić information content (AvgIpc) is 2.54. The highest BCUT2D eigenvalue weighted by Gasteiger charge is 2.03. The number of hydrogen-bond donors (Lipinski definition) is 1. The fourth-order valence-corrected chi connectivity index (χ4v) is 1.76. The van der Waals surface area contributed by atoms with Crippen molar-refractivity contribution in [3.63, 3.8) is 0 Å². The second kappa shape index (κ2) is 8.16. The van der Waals surface area contributed by atoms with Crippen molar-refractivity contribution in [3.8, 4) is 5.75 Å². The molecule has 6 heteroatoms. The number of alkyl halides is 1. The number of carbonyl (C=O) groups excluding carboxylic acids is 1. The molecule has 2 aromatic rings. The molecule has 1 amide bonds. The number of carbonyl (C=O) groups is 1. The first-order chi connectivity index (χ1) is 10.3. The van der Waals surface area contributed by atoms with Gasteiger partial charge in [0, 0.05) is 28.9 Å². The Labute approximate surface area is 131 Å². The van der Waals surface area contributed by atoms with Crippen LogP contribution in [0.15, 0.2) is 53.9 Å². The lowest BCUT2D eigenvalue weighted by molar-refractivity contribution is 0.0955. The number of rotatable bonds is 6. The van der Waals surface area contributed by atoms with Gasteiger partial charge in [0.1, 0.15) is 5.75 Å². The van der Waals surface area contributed by atoms with Crippen molar-refractivity contribution < 1.29 is 9.53 Å². The predicted molar refractivity (Wildman–Crippen MR) is 85.0 cm³/mol. The lowest BCUT2D eigenvalue weighted by atomic mass is 10.2. The molecule has 21 heavy (non-hydrogen) atoms. The van der Waals surface area contributed by atoms with Gasteiger partial charge in [-0.15, -0.1) is 0 Å². The van der Waals surface area contributed by atoms with Crippen LogP contribution in [-0.4, -0.2) is 29.0 Å². The van der Waals surface area contributed by atoms with Gasteiger partial charge in [-0.1, -0.05) is 28.1 Å². The smallest absolute Gasteiger partial charge is 0.271 e. The van der Waals surface area contributed by atoms with Gasteiger partial charge < -0.3 is 4.74 Å². The molecule has 1 N–H and O–H groups in total. The molecule has 1 heterocycles. The summed E-state index contributed by atoms with van der Waals surface area (Å²) in [5, 5.41) is 4.70. The summed E-state index contributed by atoms with van der Waals surface area (Å²) in [6.07, 6.45) is 4.67. The van der Waals surface area contributed by atoms with E-state index < -0.39 is 0 Å². The largest absolute Gasteiger partial charge is 0.492 e. The Balaban J connectivity index is 2.00. The van der Waals surface area contributed by atoms with E-state index in [2.05, 4.69) is 31.4 Å². The Hall–Kier alpha value is -2.21. The Kier molecular flexibility index (Phi) is 5.90. The van der Waals surface area contributed by atoms with Crippen molar-refractivity contribution in [1.82, 2.24) is 10.4 Å². The van der Waals surface area contributed by atoms with E-state index in [1.54, 1.807) is 30.7 Å². The fourth-order valence-electron chi connectivity index (χ4n) is 1.60. The monoisotopic (exact) mass is 347 g/mol. The fraction of sp³-hybridized carbons (Fsp3) is 0.133. The number of para-hydroxylation sites is 1. The average molecular weight is 348 g/mol. The molecule has 0 spiro atoms. The summed E-state index contributed by atoms with van der Waals surface area (Å²) in [5.74, 6) is 0.436. The minimum absolute atomic E-state index is 0.285. The highest BCUT2D eigenvalue weighted by Crippen LogP contribution is 2.15. The zero-order valence-corrected chi connectivity index (χ0v) is 12.8. The van der Waals surface area contributed by atoms with Gasteiger partial charge in [0.05, 0.1) is 12.8 Å². The van der Waals surface area contributed by atoms with Crippen LogP contribution in [0.2, 0.25) is 0 Å². The maximum Gasteiger partial charge on any atom is 0.271 e. The van der Waals surface area contributed by atoms with Crippen LogP contribution in [0.4, 0.5) is 0 Å². The van der Waals surface area contributed by atoms with Gasteiger partial charge in [-0.05, 0) is 24.3 Å². The Morgan fingerprint density at radius 3 is 2.81 bits per heavy atom. The summed E-state index contributed by atoms with van der Waals surface area (Å²) in [6.45, 7) is 0.564. The summed E-state index contributed by atoms with van der Waals surface area (Å²) in [6, 6.07) is 10.7. The van der Waals surface area contributed by atoms with Crippen molar-refractivity contribution in [2.45, 2.75) is 0 Å². The van der Waals surface area contributed by atoms with Crippen LogP contribution in [0.5, 0.6) is 5.75 Å². The minimum atomic E-state index is -0.285. The number of nitrogens with zero attached hydrogens (tertiary/aromatic N) is 2. The molecule has 0 fully saturated rings. The minimum Gasteiger partial charge on any atom is -0.492 e. The van der Waals surface area contributed by atoms with E-state index in [4.69, 9.17) is 4.74 Å². The molecule has 1 aromatic heterocycles. The molecule has 0 saturated heterocycles. The van der Waals surface area contributed by atoms with Crippen molar-refractivity contribution in [2.24, 2.45) is 5.10 Å². The predicted octanol–water partition coefficient (Wildman–Crippen LogP) is 2.62. The van der Waals surface area contributed by atoms with E-state index in [0.717, 1.165) is 16.6 Å². The molecule has 0 radical (unpaired) electrons. The maximum atomic E-state index is 11.8. The van der Waals surface area contributed by atoms with E-state index in [-0.39, 0.29) is 5.91 Å². The molecule has 1 aromatic carbocycles. The number of hydrazone groups is 1. The van der Waals surface area contributed by atoms with E-state index >= 15 is 0 Å². The number of halogens is 1. The topological polar surface area (TPSA) is 63.6 Å². The van der Waals surface area contributed by atoms with Crippen LogP contribution in [0.1, 0.15) is 15.9 Å². The van der Waals surface area contributed by atoms with Gasteiger partial charge in [0.2, 0.25) is 0 Å². The molecular formula is C15H14BrN3O2. The number of aromatic nitrogens is 1. The normalized spacial score (nSPS) is 10.5. The van der Waals surface area contributed by atoms with Gasteiger partial charge in [-0.25, -0.2) is 5.43 Å². The molecule has 0 aliphatic heterocycles. The van der Waals surface area contributed by atoms with E-state index in [0.29, 0.717) is 12.2 Å². The first kappa shape index (κ1) is 15.2. The zero-order chi connectivity index (χ0) is 14.9. The van der Waals surface area contributed by atoms with Crippen molar-refractivity contribution in [2.75, 3.05) is 11.9 Å². The van der Waals surface area contributed by atoms with E-state index in [1.807, 2.05) is 24.3 Å². The highest BCUT2D eigenvalue weighted by molar-refractivity contribution is 9.09. The van der Waals surface area contributed by atoms with Gasteiger partial charge in [0.15, 0.2) is 0 Å². The van der Waals surface area contributed by atoms with Crippen LogP contribution < -0.4 is 10.2 Å². The van der Waals surface area contributed by atoms with Crippen LogP contribution >= 0.6 is 15.9 Å². The number of pyridine rings is 1. The zero-order valence-electron chi connectivity index (χ0n) is 11.2. The molecule has 108 valence electrons. The van der Waals surface area contributed by atoms with Crippen LogP contribution in [0, 0.1) is 0 Å². The summed E-state index contributed by atoms with van der Waals surface area (Å²) in [4.78, 5) is 15.7. The lowest BCUT2D eigenvalue weighted by Crippen LogP contribution is -2.17. The summed E-state index contributed by atoms with van der Waals surface area (Å²) < 4.78 is 5.57. The molecule has 2 rings (SSSR count). The lowest BCUT2D eigenvalue weighted by Gasteiger charge is -2.06. The molecule has 0 saturated carbocycles. The third kappa shape index (κ3) is 4.68. The van der Waals surface area contributed by atoms with Gasteiger partial charge in [-0.2, -0.15) is 5.10 Å². The highest BCUT2D eigenvalue weighted by atomic mass is 79.9. The Morgan fingerprint density at radius 2 is 2.05 bits per heavy atom. The third-order valence-electron chi connectivity index (χ3n) is 2.57. The van der Waals surface area contributed by atoms with Crippen molar-refractivity contribution >= 4 is 28.1 Å². The first-order valence-corrected chi connectivity index (χ1v) is 7.44. The molecule has 0 bridgehead atoms. The van der Waals surface area contributed by atoms with Crippen LogP contribution in [-0.2, 0) is 0 Å². The van der Waals surface area contributed by atoms with Crippen LogP contribution in [0.3, 0.4) is 0 Å². The van der Waals surface area contributed by atoms with E-state index in [9.17, 15) is 4.79 Å². The molecule has 0 aliphatic carbocycles. The van der Waals surface area contributed by atoms with Gasteiger partial charge >= 0.3 is 0 Å². The summed E-state index contributed by atoms with van der Waals surface area (Å²) in [7, 11) is 0. The summed E-state index contributed by atoms with van der Waals surface area (Å²) >= 11 is 3.31. The number of nitrogens with one attached hydrogen (secondary N) is 1. The van der Waals surface area contributed by atoms with Crippen molar-refractivity contribution in [1.29, 1.82) is 0 Å². The van der Waals surface area contributed by atoms with Gasteiger partial charge in [-0.3, -0.25) is 9.78 Å². The van der Waals surface area contributed by atoms with Crippen molar-refractivity contribution in [3.05, 3.63) is 59.9 Å².